The fraction of sp³-hybridized carbons (Fsp3) is 0.100. The zero-order valence-corrected chi connectivity index (χ0v) is 22.3. The van der Waals surface area contributed by atoms with Crippen LogP contribution in [0.5, 0.6) is 0 Å². The molecule has 9 nitrogen and oxygen atoms in total. The van der Waals surface area contributed by atoms with E-state index in [-0.39, 0.29) is 0 Å². The third kappa shape index (κ3) is 4.59. The number of benzene rings is 1. The summed E-state index contributed by atoms with van der Waals surface area (Å²) in [5.41, 5.74) is 7.38. The highest BCUT2D eigenvalue weighted by Crippen LogP contribution is 2.34. The van der Waals surface area contributed by atoms with Gasteiger partial charge in [-0.05, 0) is 42.8 Å². The van der Waals surface area contributed by atoms with Crippen LogP contribution >= 0.6 is 11.3 Å². The number of aliphatic hydroxyl groups is 1. The Morgan fingerprint density at radius 3 is 2.67 bits per heavy atom. The van der Waals surface area contributed by atoms with Crippen LogP contribution < -0.4 is 5.32 Å². The summed E-state index contributed by atoms with van der Waals surface area (Å²) in [6.07, 6.45) is 6.79. The van der Waals surface area contributed by atoms with E-state index in [1.165, 1.54) is 4.88 Å². The topological polar surface area (TPSA) is 128 Å². The fourth-order valence-electron chi connectivity index (χ4n) is 4.79. The van der Waals surface area contributed by atoms with Crippen molar-refractivity contribution in [3.8, 4) is 33.2 Å². The van der Waals surface area contributed by atoms with Crippen molar-refractivity contribution >= 4 is 39.1 Å². The van der Waals surface area contributed by atoms with E-state index in [0.717, 1.165) is 49.4 Å². The number of aromatic amines is 2. The smallest absolute Gasteiger partial charge is 0.159 e. The van der Waals surface area contributed by atoms with E-state index < -0.39 is 6.23 Å². The molecule has 1 aromatic carbocycles. The van der Waals surface area contributed by atoms with E-state index in [2.05, 4.69) is 54.5 Å². The van der Waals surface area contributed by atoms with Crippen LogP contribution in [0.4, 0.5) is 5.69 Å². The molecule has 0 saturated carbocycles. The Balaban J connectivity index is 1.21. The maximum atomic E-state index is 10.6. The molecule has 0 saturated heterocycles. The molecular formula is C30H24N8OS. The van der Waals surface area contributed by atoms with Crippen molar-refractivity contribution < 1.29 is 5.11 Å². The Morgan fingerprint density at radius 2 is 1.82 bits per heavy atom. The average Bonchev–Trinajstić information content (AvgIpc) is 3.71. The number of rotatable bonds is 7. The normalized spacial score (nSPS) is 12.2. The number of nitrogens with zero attached hydrogens (tertiary/aromatic N) is 5. The molecule has 4 N–H and O–H groups in total. The predicted molar refractivity (Wildman–Crippen MR) is 158 cm³/mol. The van der Waals surface area contributed by atoms with Crippen molar-refractivity contribution in [2.45, 2.75) is 19.6 Å². The van der Waals surface area contributed by atoms with Gasteiger partial charge in [-0.25, -0.2) is 9.97 Å². The number of fused-ring (bicyclic) bond motifs is 2. The molecule has 7 rings (SSSR count). The van der Waals surface area contributed by atoms with Crippen LogP contribution in [0, 0.1) is 6.92 Å². The van der Waals surface area contributed by atoms with Crippen molar-refractivity contribution in [2.75, 3.05) is 5.32 Å². The third-order valence-electron chi connectivity index (χ3n) is 6.69. The van der Waals surface area contributed by atoms with Gasteiger partial charge < -0.3 is 15.4 Å². The van der Waals surface area contributed by atoms with Gasteiger partial charge in [-0.3, -0.25) is 15.1 Å². The molecule has 10 heteroatoms. The lowest BCUT2D eigenvalue weighted by atomic mass is 10.1. The first-order valence-electron chi connectivity index (χ1n) is 12.8. The molecule has 6 heterocycles. The fourth-order valence-corrected chi connectivity index (χ4v) is 5.65. The van der Waals surface area contributed by atoms with Crippen LogP contribution in [-0.2, 0) is 6.42 Å². The Morgan fingerprint density at radius 1 is 0.950 bits per heavy atom. The van der Waals surface area contributed by atoms with Gasteiger partial charge in [0.1, 0.15) is 23.1 Å². The third-order valence-corrected chi connectivity index (χ3v) is 7.70. The molecule has 0 spiro atoms. The highest BCUT2D eigenvalue weighted by Gasteiger charge is 2.18. The first kappa shape index (κ1) is 24.1. The predicted octanol–water partition coefficient (Wildman–Crippen LogP) is 5.97. The van der Waals surface area contributed by atoms with Crippen molar-refractivity contribution in [2.24, 2.45) is 0 Å². The van der Waals surface area contributed by atoms with Crippen LogP contribution in [-0.4, -0.2) is 46.5 Å². The van der Waals surface area contributed by atoms with E-state index >= 15 is 0 Å². The molecule has 0 aliphatic rings. The molecule has 0 radical (unpaired) electrons. The molecule has 6 aromatic heterocycles. The molecule has 0 amide bonds. The lowest BCUT2D eigenvalue weighted by Gasteiger charge is -2.14. The van der Waals surface area contributed by atoms with Crippen LogP contribution in [0.3, 0.4) is 0 Å². The van der Waals surface area contributed by atoms with Crippen molar-refractivity contribution in [3.05, 3.63) is 95.9 Å². The molecule has 40 heavy (non-hydrogen) atoms. The molecule has 0 aliphatic heterocycles. The molecular weight excluding hydrogens is 520 g/mol. The van der Waals surface area contributed by atoms with Crippen molar-refractivity contribution in [1.82, 2.24) is 35.1 Å². The van der Waals surface area contributed by atoms with Gasteiger partial charge in [-0.2, -0.15) is 5.10 Å². The lowest BCUT2D eigenvalue weighted by molar-refractivity contribution is 0.204. The number of hydrogen-bond donors (Lipinski definition) is 4. The Hall–Kier alpha value is -4.93. The minimum absolute atomic E-state index is 0.484. The summed E-state index contributed by atoms with van der Waals surface area (Å²) >= 11 is 1.69. The number of aromatic nitrogens is 7. The Kier molecular flexibility index (Phi) is 6.03. The standard InChI is InChI=1S/C30H24N8OS/c1-17-7-8-24(40-17)28-27-23(9-10-32-28)35-30(36-27)26-22-13-20(15-33-29(22)38-37-26)19-12-21(16-31-14-19)34-25(39)11-18-5-3-2-4-6-18/h2-10,12-16,25,34,39H,11H2,1H3,(H,35,36)(H,33,37,38). The molecule has 1 atom stereocenters. The number of anilines is 1. The molecule has 7 aromatic rings. The van der Waals surface area contributed by atoms with Gasteiger partial charge in [0.2, 0.25) is 0 Å². The first-order chi connectivity index (χ1) is 19.6. The number of hydrogen-bond acceptors (Lipinski definition) is 8. The van der Waals surface area contributed by atoms with E-state index in [1.54, 1.807) is 36.1 Å². The minimum Gasteiger partial charge on any atom is -0.373 e. The minimum atomic E-state index is -0.744. The van der Waals surface area contributed by atoms with Crippen LogP contribution in [0.25, 0.3) is 55.3 Å². The summed E-state index contributed by atoms with van der Waals surface area (Å²) in [4.78, 5) is 24.2. The van der Waals surface area contributed by atoms with Gasteiger partial charge in [-0.15, -0.1) is 11.3 Å². The SMILES string of the molecule is Cc1ccc(-c2nccc3[nH]c(-c4n[nH]c5ncc(-c6cncc(NC(O)Cc7ccccc7)c6)cc45)nc23)s1. The van der Waals surface area contributed by atoms with Crippen LogP contribution in [0.2, 0.25) is 0 Å². The van der Waals surface area contributed by atoms with E-state index in [1.807, 2.05) is 48.5 Å². The van der Waals surface area contributed by atoms with E-state index in [0.29, 0.717) is 23.6 Å². The average molecular weight is 545 g/mol. The van der Waals surface area contributed by atoms with Crippen LogP contribution in [0.15, 0.2) is 85.5 Å². The lowest BCUT2D eigenvalue weighted by Crippen LogP contribution is -2.21. The number of nitrogens with one attached hydrogen (secondary N) is 3. The largest absolute Gasteiger partial charge is 0.373 e. The Bertz CT molecular complexity index is 1960. The summed E-state index contributed by atoms with van der Waals surface area (Å²) in [6, 6.07) is 19.9. The molecule has 0 bridgehead atoms. The van der Waals surface area contributed by atoms with Crippen molar-refractivity contribution in [3.63, 3.8) is 0 Å². The van der Waals surface area contributed by atoms with Crippen molar-refractivity contribution in [1.29, 1.82) is 0 Å². The highest BCUT2D eigenvalue weighted by atomic mass is 32.1. The number of thiophene rings is 1. The number of aryl methyl sites for hydroxylation is 1. The second-order valence-corrected chi connectivity index (χ2v) is 10.8. The van der Waals surface area contributed by atoms with Crippen LogP contribution in [0.1, 0.15) is 10.4 Å². The second kappa shape index (κ2) is 9.99. The number of imidazole rings is 1. The Labute approximate surface area is 233 Å². The quantitative estimate of drug-likeness (QED) is 0.182. The zero-order valence-electron chi connectivity index (χ0n) is 21.5. The zero-order chi connectivity index (χ0) is 27.1. The maximum Gasteiger partial charge on any atom is 0.159 e. The second-order valence-electron chi connectivity index (χ2n) is 9.56. The summed E-state index contributed by atoms with van der Waals surface area (Å²) in [5.74, 6) is 0.639. The number of pyridine rings is 3. The molecule has 0 aliphatic carbocycles. The monoisotopic (exact) mass is 544 g/mol. The number of H-pyrrole nitrogens is 2. The number of aliphatic hydroxyl groups excluding tert-OH is 1. The molecule has 0 fully saturated rings. The highest BCUT2D eigenvalue weighted by molar-refractivity contribution is 7.15. The van der Waals surface area contributed by atoms with Gasteiger partial charge >= 0.3 is 0 Å². The van der Waals surface area contributed by atoms with Gasteiger partial charge in [0.25, 0.3) is 0 Å². The van der Waals surface area contributed by atoms with E-state index in [4.69, 9.17) is 4.98 Å². The first-order valence-corrected chi connectivity index (χ1v) is 13.6. The van der Waals surface area contributed by atoms with Gasteiger partial charge in [0, 0.05) is 41.0 Å². The molecule has 1 unspecified atom stereocenters. The summed E-state index contributed by atoms with van der Waals surface area (Å²) in [5, 5.41) is 22.1. The molecule has 196 valence electrons. The van der Waals surface area contributed by atoms with Gasteiger partial charge in [-0.1, -0.05) is 30.3 Å². The summed E-state index contributed by atoms with van der Waals surface area (Å²) in [6.45, 7) is 2.08. The van der Waals surface area contributed by atoms with Gasteiger partial charge in [0.15, 0.2) is 11.5 Å². The van der Waals surface area contributed by atoms with Gasteiger partial charge in [0.05, 0.1) is 27.7 Å². The summed E-state index contributed by atoms with van der Waals surface area (Å²) < 4.78 is 0. The maximum absolute atomic E-state index is 10.6. The van der Waals surface area contributed by atoms with E-state index in [9.17, 15) is 5.11 Å². The summed E-state index contributed by atoms with van der Waals surface area (Å²) in [7, 11) is 0.